The van der Waals surface area contributed by atoms with Gasteiger partial charge in [-0.3, -0.25) is 4.79 Å². The zero-order valence-electron chi connectivity index (χ0n) is 19.8. The molecule has 2 aliphatic rings. The summed E-state index contributed by atoms with van der Waals surface area (Å²) in [6.07, 6.45) is 0. The van der Waals surface area contributed by atoms with Crippen LogP contribution in [0.4, 0.5) is 10.5 Å². The molecule has 3 aromatic rings. The van der Waals surface area contributed by atoms with Crippen molar-refractivity contribution in [3.05, 3.63) is 83.9 Å². The van der Waals surface area contributed by atoms with Gasteiger partial charge in [0.25, 0.3) is 0 Å². The summed E-state index contributed by atoms with van der Waals surface area (Å²) in [6, 6.07) is 23.0. The number of anilines is 1. The molecule has 3 aromatic carbocycles. The SMILES string of the molecule is COc1ccccc1NC(=O)N1CC(=O)N2[C@H](CO)[C@@H](c3ccc(-c4cccc(C)c4)cc3)[C@@H]2C1. The lowest BCUT2D eigenvalue weighted by Gasteiger charge is -2.58. The summed E-state index contributed by atoms with van der Waals surface area (Å²) in [5.41, 5.74) is 5.08. The van der Waals surface area contributed by atoms with Gasteiger partial charge >= 0.3 is 6.03 Å². The lowest BCUT2D eigenvalue weighted by Crippen LogP contribution is -2.73. The molecule has 180 valence electrons. The minimum absolute atomic E-state index is 0.0208. The van der Waals surface area contributed by atoms with Crippen LogP contribution in [0.1, 0.15) is 17.0 Å². The maximum absolute atomic E-state index is 13.0. The number of para-hydroxylation sites is 2. The fourth-order valence-corrected chi connectivity index (χ4v) is 5.32. The van der Waals surface area contributed by atoms with Crippen LogP contribution in [0.2, 0.25) is 0 Å². The first-order valence-corrected chi connectivity index (χ1v) is 11.8. The van der Waals surface area contributed by atoms with E-state index < -0.39 is 0 Å². The Hall–Kier alpha value is -3.84. The smallest absolute Gasteiger partial charge is 0.322 e. The Bertz CT molecular complexity index is 1240. The number of methoxy groups -OCH3 is 1. The molecule has 2 fully saturated rings. The minimum Gasteiger partial charge on any atom is -0.495 e. The van der Waals surface area contributed by atoms with Crippen molar-refractivity contribution in [2.45, 2.75) is 24.9 Å². The lowest BCUT2D eigenvalue weighted by molar-refractivity contribution is -0.159. The second kappa shape index (κ2) is 9.43. The first-order chi connectivity index (χ1) is 17.0. The van der Waals surface area contributed by atoms with Gasteiger partial charge in [-0.2, -0.15) is 0 Å². The molecule has 0 spiro atoms. The number of aliphatic hydroxyl groups is 1. The summed E-state index contributed by atoms with van der Waals surface area (Å²) in [4.78, 5) is 29.2. The molecule has 0 saturated carbocycles. The van der Waals surface area contributed by atoms with E-state index in [1.807, 2.05) is 18.2 Å². The van der Waals surface area contributed by atoms with Crippen LogP contribution >= 0.6 is 0 Å². The van der Waals surface area contributed by atoms with E-state index in [0.29, 0.717) is 18.0 Å². The Morgan fingerprint density at radius 2 is 1.83 bits per heavy atom. The third-order valence-corrected chi connectivity index (χ3v) is 7.04. The van der Waals surface area contributed by atoms with E-state index in [1.165, 1.54) is 10.5 Å². The van der Waals surface area contributed by atoms with Crippen LogP contribution in [-0.2, 0) is 4.79 Å². The first-order valence-electron chi connectivity index (χ1n) is 11.8. The number of aliphatic hydroxyl groups excluding tert-OH is 1. The van der Waals surface area contributed by atoms with Crippen LogP contribution in [0.15, 0.2) is 72.8 Å². The van der Waals surface area contributed by atoms with E-state index in [-0.39, 0.29) is 43.1 Å². The number of fused-ring (bicyclic) bond motifs is 1. The number of benzene rings is 3. The van der Waals surface area contributed by atoms with Gasteiger partial charge < -0.3 is 25.0 Å². The molecule has 35 heavy (non-hydrogen) atoms. The average Bonchev–Trinajstić information content (AvgIpc) is 2.86. The lowest BCUT2D eigenvalue weighted by atomic mass is 9.73. The number of hydrogen-bond donors (Lipinski definition) is 2. The van der Waals surface area contributed by atoms with E-state index in [1.54, 1.807) is 24.1 Å². The van der Waals surface area contributed by atoms with Gasteiger partial charge in [-0.15, -0.1) is 0 Å². The second-order valence-corrected chi connectivity index (χ2v) is 9.15. The number of nitrogens with one attached hydrogen (secondary N) is 1. The Morgan fingerprint density at radius 1 is 1.06 bits per heavy atom. The van der Waals surface area contributed by atoms with E-state index in [9.17, 15) is 14.7 Å². The van der Waals surface area contributed by atoms with Crippen molar-refractivity contribution < 1.29 is 19.4 Å². The van der Waals surface area contributed by atoms with E-state index in [2.05, 4.69) is 54.7 Å². The van der Waals surface area contributed by atoms with Crippen LogP contribution in [0, 0.1) is 6.92 Å². The Labute approximate surface area is 204 Å². The van der Waals surface area contributed by atoms with Gasteiger partial charge in [-0.25, -0.2) is 4.79 Å². The molecule has 5 rings (SSSR count). The first kappa shape index (κ1) is 22.9. The fraction of sp³-hybridized carbons (Fsp3) is 0.286. The number of hydrogen-bond acceptors (Lipinski definition) is 4. The number of urea groups is 1. The molecule has 2 aliphatic heterocycles. The largest absolute Gasteiger partial charge is 0.495 e. The Kier molecular flexibility index (Phi) is 6.17. The normalized spacial score (nSPS) is 21.2. The monoisotopic (exact) mass is 471 g/mol. The molecular formula is C28H29N3O4. The number of amides is 3. The molecule has 2 heterocycles. The number of rotatable bonds is 5. The molecule has 7 heteroatoms. The van der Waals surface area contributed by atoms with Crippen molar-refractivity contribution in [3.63, 3.8) is 0 Å². The predicted octanol–water partition coefficient (Wildman–Crippen LogP) is 3.87. The molecule has 2 N–H and O–H groups in total. The van der Waals surface area contributed by atoms with Crippen molar-refractivity contribution in [1.29, 1.82) is 0 Å². The van der Waals surface area contributed by atoms with Crippen molar-refractivity contribution >= 4 is 17.6 Å². The highest BCUT2D eigenvalue weighted by molar-refractivity contribution is 5.94. The Morgan fingerprint density at radius 3 is 2.54 bits per heavy atom. The number of carbonyl (C=O) groups excluding carboxylic acids is 2. The second-order valence-electron chi connectivity index (χ2n) is 9.15. The number of piperazine rings is 1. The van der Waals surface area contributed by atoms with Gasteiger partial charge in [0, 0.05) is 12.5 Å². The van der Waals surface area contributed by atoms with Crippen LogP contribution < -0.4 is 10.1 Å². The zero-order valence-corrected chi connectivity index (χ0v) is 19.8. The topological polar surface area (TPSA) is 82.1 Å². The molecule has 0 bridgehead atoms. The van der Waals surface area contributed by atoms with Crippen LogP contribution in [-0.4, -0.2) is 65.7 Å². The summed E-state index contributed by atoms with van der Waals surface area (Å²) < 4.78 is 5.32. The van der Waals surface area contributed by atoms with Crippen molar-refractivity contribution in [1.82, 2.24) is 9.80 Å². The van der Waals surface area contributed by atoms with Gasteiger partial charge in [0.15, 0.2) is 0 Å². The van der Waals surface area contributed by atoms with Crippen molar-refractivity contribution in [2.24, 2.45) is 0 Å². The number of aryl methyl sites for hydroxylation is 1. The molecule has 0 unspecified atom stereocenters. The molecule has 3 amide bonds. The number of carbonyl (C=O) groups is 2. The van der Waals surface area contributed by atoms with E-state index >= 15 is 0 Å². The number of ether oxygens (including phenoxy) is 1. The summed E-state index contributed by atoms with van der Waals surface area (Å²) in [5.74, 6) is 0.363. The molecule has 0 aliphatic carbocycles. The van der Waals surface area contributed by atoms with Gasteiger partial charge in [-0.05, 0) is 35.7 Å². The quantitative estimate of drug-likeness (QED) is 0.592. The summed E-state index contributed by atoms with van der Waals surface area (Å²) in [7, 11) is 1.55. The highest BCUT2D eigenvalue weighted by atomic mass is 16.5. The molecule has 3 atom stereocenters. The van der Waals surface area contributed by atoms with Crippen LogP contribution in [0.3, 0.4) is 0 Å². The molecular weight excluding hydrogens is 442 g/mol. The maximum Gasteiger partial charge on any atom is 0.322 e. The van der Waals surface area contributed by atoms with Crippen LogP contribution in [0.25, 0.3) is 11.1 Å². The molecule has 0 radical (unpaired) electrons. The third-order valence-electron chi connectivity index (χ3n) is 7.04. The molecule has 0 aromatic heterocycles. The summed E-state index contributed by atoms with van der Waals surface area (Å²) in [6.45, 7) is 2.34. The Balaban J connectivity index is 1.34. The minimum atomic E-state index is -0.344. The predicted molar refractivity (Wildman–Crippen MR) is 134 cm³/mol. The average molecular weight is 472 g/mol. The van der Waals surface area contributed by atoms with Gasteiger partial charge in [0.1, 0.15) is 12.3 Å². The summed E-state index contributed by atoms with van der Waals surface area (Å²) >= 11 is 0. The maximum atomic E-state index is 13.0. The fourth-order valence-electron chi connectivity index (χ4n) is 5.32. The molecule has 2 saturated heterocycles. The van der Waals surface area contributed by atoms with E-state index in [0.717, 1.165) is 16.7 Å². The van der Waals surface area contributed by atoms with Crippen molar-refractivity contribution in [2.75, 3.05) is 32.1 Å². The highest BCUT2D eigenvalue weighted by Gasteiger charge is 2.54. The third kappa shape index (κ3) is 4.23. The van der Waals surface area contributed by atoms with Crippen molar-refractivity contribution in [3.8, 4) is 16.9 Å². The van der Waals surface area contributed by atoms with Crippen LogP contribution in [0.5, 0.6) is 5.75 Å². The van der Waals surface area contributed by atoms with Gasteiger partial charge in [0.05, 0.1) is 31.5 Å². The summed E-state index contributed by atoms with van der Waals surface area (Å²) in [5, 5.41) is 12.9. The zero-order chi connectivity index (χ0) is 24.5. The molecule has 7 nitrogen and oxygen atoms in total. The van der Waals surface area contributed by atoms with Gasteiger partial charge in [-0.1, -0.05) is 66.2 Å². The number of nitrogens with zero attached hydrogens (tertiary/aromatic N) is 2. The van der Waals surface area contributed by atoms with Gasteiger partial charge in [0.2, 0.25) is 5.91 Å². The van der Waals surface area contributed by atoms with E-state index in [4.69, 9.17) is 4.74 Å². The highest BCUT2D eigenvalue weighted by Crippen LogP contribution is 2.43. The standard InChI is InChI=1S/C28H29N3O4/c1-18-6-5-7-21(14-18)19-10-12-20(13-11-19)27-23-15-30(16-26(33)31(23)24(27)17-32)28(34)29-22-8-3-4-9-25(22)35-2/h3-14,23-24,27,32H,15-17H2,1-2H3,(H,29,34)/t23-,24+,27-/m0/s1.